The molecule has 43 heavy (non-hydrogen) atoms. The molecule has 0 fully saturated rings. The van der Waals surface area contributed by atoms with Gasteiger partial charge in [-0.2, -0.15) is 0 Å². The van der Waals surface area contributed by atoms with E-state index >= 15 is 0 Å². The Morgan fingerprint density at radius 2 is 1.37 bits per heavy atom. The fourth-order valence-corrected chi connectivity index (χ4v) is 4.85. The number of unbranched alkanes of at least 4 members (excludes halogenated alkanes) is 12. The zero-order valence-electron chi connectivity index (χ0n) is 27.2. The summed E-state index contributed by atoms with van der Waals surface area (Å²) in [6, 6.07) is 0. The predicted molar refractivity (Wildman–Crippen MR) is 164 cm³/mol. The number of hydrogen-bond donors (Lipinski definition) is 0. The van der Waals surface area contributed by atoms with E-state index in [1.165, 1.54) is 63.9 Å². The van der Waals surface area contributed by atoms with Crippen LogP contribution in [0.1, 0.15) is 117 Å². The number of likely N-dealkylation sites (N-methyl/N-ethyl adjacent to an activating group) is 1. The van der Waals surface area contributed by atoms with Crippen molar-refractivity contribution < 1.29 is 47.0 Å². The normalized spacial score (nSPS) is 14.2. The van der Waals surface area contributed by atoms with E-state index in [9.17, 15) is 29.2 Å². The summed E-state index contributed by atoms with van der Waals surface area (Å²) in [5.74, 6) is -1.48. The van der Waals surface area contributed by atoms with Crippen LogP contribution in [0.4, 0.5) is 0 Å². The monoisotopic (exact) mass is 636 g/mol. The fourth-order valence-electron chi connectivity index (χ4n) is 4.12. The lowest BCUT2D eigenvalue weighted by atomic mass is 10.0. The number of phosphoric ester groups is 1. The SMILES string of the molecule is CC/C=C(\CC(=O)O[C@H](COC(=O)CCCCCCCCCCCCCCC)COP(=O)([O-])OCC[N+](C)(C)C)[N+](=O)[O-]. The van der Waals surface area contributed by atoms with E-state index in [-0.39, 0.29) is 18.7 Å². The maximum Gasteiger partial charge on any atom is 0.317 e. The molecule has 0 saturated heterocycles. The molecule has 0 aromatic heterocycles. The van der Waals surface area contributed by atoms with Crippen LogP contribution in [0.2, 0.25) is 0 Å². The van der Waals surface area contributed by atoms with Crippen LogP contribution in [0.3, 0.4) is 0 Å². The van der Waals surface area contributed by atoms with Gasteiger partial charge in [0.25, 0.3) is 13.5 Å². The molecule has 12 nitrogen and oxygen atoms in total. The highest BCUT2D eigenvalue weighted by Gasteiger charge is 2.24. The molecule has 1 unspecified atom stereocenters. The molecule has 0 spiro atoms. The lowest BCUT2D eigenvalue weighted by Gasteiger charge is -2.28. The number of allylic oxidation sites excluding steroid dienone is 1. The Morgan fingerprint density at radius 1 is 0.837 bits per heavy atom. The van der Waals surface area contributed by atoms with E-state index < -0.39 is 50.4 Å². The average molecular weight is 637 g/mol. The molecule has 0 bridgehead atoms. The number of carbonyl (C=O) groups is 2. The fraction of sp³-hybridized carbons (Fsp3) is 0.867. The number of quaternary nitrogens is 1. The van der Waals surface area contributed by atoms with E-state index in [1.54, 1.807) is 6.92 Å². The molecule has 0 aromatic rings. The first kappa shape index (κ1) is 41.1. The second kappa shape index (κ2) is 24.5. The molecule has 0 aliphatic rings. The summed E-state index contributed by atoms with van der Waals surface area (Å²) in [7, 11) is 0.875. The van der Waals surface area contributed by atoms with Crippen LogP contribution in [0.15, 0.2) is 11.8 Å². The van der Waals surface area contributed by atoms with Crippen molar-refractivity contribution in [2.75, 3.05) is 47.5 Å². The summed E-state index contributed by atoms with van der Waals surface area (Å²) in [6.45, 7) is 3.09. The van der Waals surface area contributed by atoms with Gasteiger partial charge in [-0.15, -0.1) is 0 Å². The lowest BCUT2D eigenvalue weighted by Crippen LogP contribution is -2.37. The third-order valence-electron chi connectivity index (χ3n) is 6.64. The number of esters is 2. The first-order valence-corrected chi connectivity index (χ1v) is 17.3. The Hall–Kier alpha value is -1.85. The number of nitrogens with zero attached hydrogens (tertiary/aromatic N) is 2. The van der Waals surface area contributed by atoms with Gasteiger partial charge < -0.3 is 27.9 Å². The highest BCUT2D eigenvalue weighted by molar-refractivity contribution is 7.45. The molecular formula is C30H57N2O10P. The van der Waals surface area contributed by atoms with Crippen molar-refractivity contribution in [3.8, 4) is 0 Å². The van der Waals surface area contributed by atoms with Crippen molar-refractivity contribution >= 4 is 19.8 Å². The van der Waals surface area contributed by atoms with Crippen LogP contribution >= 0.6 is 7.82 Å². The van der Waals surface area contributed by atoms with Gasteiger partial charge in [-0.1, -0.05) is 90.9 Å². The molecule has 0 amide bonds. The number of hydrogen-bond acceptors (Lipinski definition) is 10. The van der Waals surface area contributed by atoms with E-state index in [0.717, 1.165) is 19.3 Å². The van der Waals surface area contributed by atoms with Crippen LogP contribution in [0.25, 0.3) is 0 Å². The summed E-state index contributed by atoms with van der Waals surface area (Å²) in [4.78, 5) is 47.3. The summed E-state index contributed by atoms with van der Waals surface area (Å²) in [6.07, 6.45) is 15.2. The number of ether oxygens (including phenoxy) is 2. The maximum absolute atomic E-state index is 12.4. The van der Waals surface area contributed by atoms with Crippen LogP contribution in [0.5, 0.6) is 0 Å². The molecule has 13 heteroatoms. The second-order valence-electron chi connectivity index (χ2n) is 11.9. The average Bonchev–Trinajstić information content (AvgIpc) is 2.91. The molecular weight excluding hydrogens is 579 g/mol. The zero-order chi connectivity index (χ0) is 32.6. The molecule has 0 saturated carbocycles. The van der Waals surface area contributed by atoms with Crippen molar-refractivity contribution in [3.63, 3.8) is 0 Å². The molecule has 0 N–H and O–H groups in total. The third-order valence-corrected chi connectivity index (χ3v) is 7.61. The zero-order valence-corrected chi connectivity index (χ0v) is 28.1. The first-order valence-electron chi connectivity index (χ1n) is 15.9. The minimum Gasteiger partial charge on any atom is -0.756 e. The Labute approximate surface area is 258 Å². The van der Waals surface area contributed by atoms with Crippen LogP contribution in [-0.4, -0.2) is 75.0 Å². The largest absolute Gasteiger partial charge is 0.756 e. The second-order valence-corrected chi connectivity index (χ2v) is 13.3. The highest BCUT2D eigenvalue weighted by Crippen LogP contribution is 2.38. The summed E-state index contributed by atoms with van der Waals surface area (Å²) < 4.78 is 32.8. The lowest BCUT2D eigenvalue weighted by molar-refractivity contribution is -0.870. The van der Waals surface area contributed by atoms with E-state index in [0.29, 0.717) is 23.9 Å². The van der Waals surface area contributed by atoms with Gasteiger partial charge in [-0.05, 0) is 18.9 Å². The first-order chi connectivity index (χ1) is 20.3. The van der Waals surface area contributed by atoms with Gasteiger partial charge in [0, 0.05) is 6.42 Å². The molecule has 0 radical (unpaired) electrons. The van der Waals surface area contributed by atoms with Gasteiger partial charge in [-0.25, -0.2) is 0 Å². The van der Waals surface area contributed by atoms with Crippen molar-refractivity contribution in [3.05, 3.63) is 21.9 Å². The van der Waals surface area contributed by atoms with Crippen molar-refractivity contribution in [2.24, 2.45) is 0 Å². The number of phosphoric acid groups is 1. The number of rotatable bonds is 28. The van der Waals surface area contributed by atoms with Gasteiger partial charge in [0.2, 0.25) is 0 Å². The molecule has 252 valence electrons. The van der Waals surface area contributed by atoms with Gasteiger partial charge in [0.1, 0.15) is 26.2 Å². The van der Waals surface area contributed by atoms with Crippen LogP contribution < -0.4 is 4.89 Å². The smallest absolute Gasteiger partial charge is 0.317 e. The van der Waals surface area contributed by atoms with Gasteiger partial charge >= 0.3 is 11.9 Å². The number of carbonyl (C=O) groups excluding carboxylic acids is 2. The number of nitro groups is 1. The van der Waals surface area contributed by atoms with E-state index in [2.05, 4.69) is 6.92 Å². The van der Waals surface area contributed by atoms with Gasteiger partial charge in [0.05, 0.1) is 32.7 Å². The van der Waals surface area contributed by atoms with E-state index in [4.69, 9.17) is 18.5 Å². The van der Waals surface area contributed by atoms with E-state index in [1.807, 2.05) is 21.1 Å². The topological polar surface area (TPSA) is 154 Å². The van der Waals surface area contributed by atoms with Gasteiger partial charge in [-0.3, -0.25) is 24.3 Å². The van der Waals surface area contributed by atoms with Crippen LogP contribution in [0, 0.1) is 10.1 Å². The third kappa shape index (κ3) is 26.3. The molecule has 0 aromatic carbocycles. The Morgan fingerprint density at radius 3 is 1.86 bits per heavy atom. The molecule has 0 rings (SSSR count). The Kier molecular flexibility index (Phi) is 23.4. The van der Waals surface area contributed by atoms with Crippen LogP contribution in [-0.2, 0) is 32.7 Å². The summed E-state index contributed by atoms with van der Waals surface area (Å²) in [5, 5.41) is 11.2. The standard InChI is InChI=1S/C30H57N2O10P/c1-6-8-9-10-11-12-13-14-15-16-17-18-19-21-29(33)39-25-28(42-30(34)24-27(20-7-2)31(35)36)26-41-43(37,38)40-23-22-32(3,4)5/h20,28H,6-19,21-26H2,1-5H3/b27-20+/t28-/m1/s1. The van der Waals surface area contributed by atoms with Crippen molar-refractivity contribution in [1.29, 1.82) is 0 Å². The predicted octanol–water partition coefficient (Wildman–Crippen LogP) is 6.09. The molecule has 2 atom stereocenters. The van der Waals surface area contributed by atoms with Gasteiger partial charge in [0.15, 0.2) is 6.10 Å². The Bertz CT molecular complexity index is 860. The van der Waals surface area contributed by atoms with Crippen molar-refractivity contribution in [1.82, 2.24) is 0 Å². The molecule has 0 aliphatic heterocycles. The minimum absolute atomic E-state index is 0.114. The summed E-state index contributed by atoms with van der Waals surface area (Å²) in [5.41, 5.74) is -0.343. The minimum atomic E-state index is -4.73. The highest BCUT2D eigenvalue weighted by atomic mass is 31.2. The summed E-state index contributed by atoms with van der Waals surface area (Å²) >= 11 is 0. The maximum atomic E-state index is 12.4. The quantitative estimate of drug-likeness (QED) is 0.0246. The Balaban J connectivity index is 4.58. The molecule has 0 heterocycles. The molecule has 0 aliphatic carbocycles. The van der Waals surface area contributed by atoms with Crippen molar-refractivity contribution in [2.45, 2.75) is 123 Å².